The lowest BCUT2D eigenvalue weighted by Crippen LogP contribution is -2.00. The molecule has 0 N–H and O–H groups in total. The van der Waals surface area contributed by atoms with E-state index in [1.165, 1.54) is 0 Å². The summed E-state index contributed by atoms with van der Waals surface area (Å²) in [5.41, 5.74) is 12.8. The zero-order valence-electron chi connectivity index (χ0n) is 30.1. The number of para-hydroxylation sites is 2. The van der Waals surface area contributed by atoms with Gasteiger partial charge in [0.15, 0.2) is 17.5 Å². The van der Waals surface area contributed by atoms with E-state index < -0.39 is 0 Å². The zero-order valence-corrected chi connectivity index (χ0v) is 30.1. The highest BCUT2D eigenvalue weighted by molar-refractivity contribution is 6.12. The second-order valence-electron chi connectivity index (χ2n) is 14.0. The molecule has 262 valence electrons. The maximum absolute atomic E-state index is 6.24. The van der Waals surface area contributed by atoms with Crippen LogP contribution >= 0.6 is 0 Å². The van der Waals surface area contributed by atoms with Crippen molar-refractivity contribution in [3.05, 3.63) is 188 Å². The van der Waals surface area contributed by atoms with Crippen molar-refractivity contribution in [2.75, 3.05) is 0 Å². The zero-order chi connectivity index (χ0) is 37.0. The Morgan fingerprint density at radius 1 is 0.268 bits per heavy atom. The van der Waals surface area contributed by atoms with Crippen LogP contribution in [0.4, 0.5) is 0 Å². The van der Waals surface area contributed by atoms with Crippen LogP contribution in [0.25, 0.3) is 111 Å². The molecule has 0 amide bonds. The third-order valence-electron chi connectivity index (χ3n) is 10.6. The maximum atomic E-state index is 6.24. The predicted octanol–water partition coefficient (Wildman–Crippen LogP) is 13.7. The molecule has 5 heteroatoms. The average Bonchev–Trinajstić information content (AvgIpc) is 3.85. The van der Waals surface area contributed by atoms with Gasteiger partial charge in [-0.1, -0.05) is 146 Å². The van der Waals surface area contributed by atoms with Gasteiger partial charge >= 0.3 is 0 Å². The highest BCUT2D eigenvalue weighted by Crippen LogP contribution is 2.38. The standard InChI is InChI=1S/C51H31N3O2/c1-2-11-32(12-3-1)33-23-25-34(26-24-33)49-52-50(38-15-8-13-35(29-38)36-27-28-46-43(31-36)41-17-4-6-20-44(41)55-46)54-51(53-49)39-16-9-14-37(30-39)40-19-10-22-47-48(40)42-18-5-7-21-45(42)56-47/h1-31H. The summed E-state index contributed by atoms with van der Waals surface area (Å²) in [6.07, 6.45) is 0. The SMILES string of the molecule is c1ccc(-c2ccc(-c3nc(-c4cccc(-c5ccc6oc7ccccc7c6c5)c4)nc(-c4cccc(-c5cccc6oc7ccccc7c56)c4)n3)cc2)cc1. The molecule has 3 heterocycles. The lowest BCUT2D eigenvalue weighted by Gasteiger charge is -2.11. The number of aromatic nitrogens is 3. The van der Waals surface area contributed by atoms with Crippen LogP contribution in [-0.2, 0) is 0 Å². The second-order valence-corrected chi connectivity index (χ2v) is 14.0. The number of rotatable bonds is 6. The molecule has 0 saturated carbocycles. The summed E-state index contributed by atoms with van der Waals surface area (Å²) < 4.78 is 12.4. The molecule has 0 spiro atoms. The summed E-state index contributed by atoms with van der Waals surface area (Å²) >= 11 is 0. The van der Waals surface area contributed by atoms with Crippen LogP contribution in [-0.4, -0.2) is 15.0 Å². The number of hydrogen-bond donors (Lipinski definition) is 0. The van der Waals surface area contributed by atoms with E-state index in [2.05, 4.69) is 140 Å². The first-order valence-corrected chi connectivity index (χ1v) is 18.7. The maximum Gasteiger partial charge on any atom is 0.164 e. The van der Waals surface area contributed by atoms with Crippen molar-refractivity contribution in [1.82, 2.24) is 15.0 Å². The van der Waals surface area contributed by atoms with Crippen molar-refractivity contribution in [3.63, 3.8) is 0 Å². The van der Waals surface area contributed by atoms with Crippen LogP contribution in [0, 0.1) is 0 Å². The van der Waals surface area contributed by atoms with Crippen LogP contribution in [0.2, 0.25) is 0 Å². The Morgan fingerprint density at radius 3 is 1.50 bits per heavy atom. The van der Waals surface area contributed by atoms with E-state index in [0.29, 0.717) is 17.5 Å². The normalized spacial score (nSPS) is 11.6. The first kappa shape index (κ1) is 31.9. The minimum Gasteiger partial charge on any atom is -0.456 e. The second kappa shape index (κ2) is 13.0. The third-order valence-corrected chi connectivity index (χ3v) is 10.6. The molecule has 0 aliphatic heterocycles. The smallest absolute Gasteiger partial charge is 0.164 e. The molecule has 5 nitrogen and oxygen atoms in total. The van der Waals surface area contributed by atoms with Gasteiger partial charge in [0.05, 0.1) is 0 Å². The largest absolute Gasteiger partial charge is 0.456 e. The summed E-state index contributed by atoms with van der Waals surface area (Å²) in [5.74, 6) is 1.80. The monoisotopic (exact) mass is 717 g/mol. The molecular weight excluding hydrogens is 687 g/mol. The van der Waals surface area contributed by atoms with Crippen LogP contribution in [0.3, 0.4) is 0 Å². The Morgan fingerprint density at radius 2 is 0.732 bits per heavy atom. The third kappa shape index (κ3) is 5.53. The summed E-state index contributed by atoms with van der Waals surface area (Å²) in [4.78, 5) is 15.4. The summed E-state index contributed by atoms with van der Waals surface area (Å²) in [6, 6.07) is 64.6. The van der Waals surface area contributed by atoms with Crippen molar-refractivity contribution in [2.24, 2.45) is 0 Å². The van der Waals surface area contributed by atoms with Crippen LogP contribution in [0.5, 0.6) is 0 Å². The van der Waals surface area contributed by atoms with Crippen molar-refractivity contribution in [3.8, 4) is 67.5 Å². The van der Waals surface area contributed by atoms with Gasteiger partial charge in [-0.25, -0.2) is 15.0 Å². The molecule has 56 heavy (non-hydrogen) atoms. The van der Waals surface area contributed by atoms with Gasteiger partial charge in [-0.2, -0.15) is 0 Å². The van der Waals surface area contributed by atoms with Crippen molar-refractivity contribution in [1.29, 1.82) is 0 Å². The fraction of sp³-hybridized carbons (Fsp3) is 0. The predicted molar refractivity (Wildman–Crippen MR) is 227 cm³/mol. The molecule has 11 rings (SSSR count). The van der Waals surface area contributed by atoms with Gasteiger partial charge in [-0.05, 0) is 75.8 Å². The van der Waals surface area contributed by atoms with E-state index in [9.17, 15) is 0 Å². The molecule has 3 aromatic heterocycles. The summed E-state index contributed by atoms with van der Waals surface area (Å²) in [7, 11) is 0. The van der Waals surface area contributed by atoms with Crippen LogP contribution in [0.1, 0.15) is 0 Å². The molecule has 8 aromatic carbocycles. The van der Waals surface area contributed by atoms with Gasteiger partial charge in [-0.15, -0.1) is 0 Å². The number of fused-ring (bicyclic) bond motifs is 6. The molecule has 0 bridgehead atoms. The molecule has 0 unspecified atom stereocenters. The highest BCUT2D eigenvalue weighted by Gasteiger charge is 2.17. The lowest BCUT2D eigenvalue weighted by molar-refractivity contribution is 0.668. The van der Waals surface area contributed by atoms with E-state index in [1.54, 1.807) is 0 Å². The van der Waals surface area contributed by atoms with Crippen molar-refractivity contribution in [2.45, 2.75) is 0 Å². The number of nitrogens with zero attached hydrogens (tertiary/aromatic N) is 3. The molecule has 0 saturated heterocycles. The molecule has 11 aromatic rings. The quantitative estimate of drug-likeness (QED) is 0.171. The minimum absolute atomic E-state index is 0.597. The Balaban J connectivity index is 1.05. The Kier molecular flexibility index (Phi) is 7.42. The van der Waals surface area contributed by atoms with Gasteiger partial charge in [0.2, 0.25) is 0 Å². The molecule has 0 aliphatic carbocycles. The molecule has 0 fully saturated rings. The van der Waals surface area contributed by atoms with Gasteiger partial charge in [0, 0.05) is 38.2 Å². The Labute approximate surface area is 322 Å². The topological polar surface area (TPSA) is 65.0 Å². The average molecular weight is 718 g/mol. The van der Waals surface area contributed by atoms with E-state index in [0.717, 1.165) is 93.9 Å². The Hall–Kier alpha value is -7.63. The number of hydrogen-bond acceptors (Lipinski definition) is 5. The van der Waals surface area contributed by atoms with Gasteiger partial charge in [0.1, 0.15) is 22.3 Å². The van der Waals surface area contributed by atoms with Crippen molar-refractivity contribution < 1.29 is 8.83 Å². The number of furan rings is 2. The first-order valence-electron chi connectivity index (χ1n) is 18.7. The fourth-order valence-electron chi connectivity index (χ4n) is 7.79. The van der Waals surface area contributed by atoms with Gasteiger partial charge in [0.25, 0.3) is 0 Å². The van der Waals surface area contributed by atoms with E-state index in [-0.39, 0.29) is 0 Å². The lowest BCUT2D eigenvalue weighted by atomic mass is 9.97. The molecular formula is C51H31N3O2. The minimum atomic E-state index is 0.597. The molecule has 0 aliphatic rings. The Bertz CT molecular complexity index is 3250. The molecule has 0 atom stereocenters. The summed E-state index contributed by atoms with van der Waals surface area (Å²) in [5, 5.41) is 4.37. The van der Waals surface area contributed by atoms with Crippen molar-refractivity contribution >= 4 is 43.9 Å². The fourth-order valence-corrected chi connectivity index (χ4v) is 7.79. The first-order chi connectivity index (χ1) is 27.7. The number of benzene rings is 8. The van der Waals surface area contributed by atoms with E-state index in [1.807, 2.05) is 48.5 Å². The molecule has 0 radical (unpaired) electrons. The van der Waals surface area contributed by atoms with E-state index in [4.69, 9.17) is 23.8 Å². The highest BCUT2D eigenvalue weighted by atomic mass is 16.3. The van der Waals surface area contributed by atoms with Crippen LogP contribution in [0.15, 0.2) is 197 Å². The van der Waals surface area contributed by atoms with Crippen LogP contribution < -0.4 is 0 Å². The van der Waals surface area contributed by atoms with Gasteiger partial charge in [-0.3, -0.25) is 0 Å². The summed E-state index contributed by atoms with van der Waals surface area (Å²) in [6.45, 7) is 0. The van der Waals surface area contributed by atoms with E-state index >= 15 is 0 Å². The van der Waals surface area contributed by atoms with Gasteiger partial charge < -0.3 is 8.83 Å².